The lowest BCUT2D eigenvalue weighted by Gasteiger charge is -2.11. The minimum atomic E-state index is 0.505. The van der Waals surface area contributed by atoms with Crippen molar-refractivity contribution < 1.29 is 4.42 Å². The molecule has 0 amide bonds. The number of aryl methyl sites for hydroxylation is 1. The summed E-state index contributed by atoms with van der Waals surface area (Å²) in [5.74, 6) is 0. The number of nitrogens with one attached hydrogen (secondary N) is 1. The molecule has 0 saturated heterocycles. The topological polar surface area (TPSA) is 38.1 Å². The monoisotopic (exact) mass is 262 g/mol. The summed E-state index contributed by atoms with van der Waals surface area (Å²) in [5, 5.41) is 4.11. The molecule has 3 nitrogen and oxygen atoms in total. The second-order valence-corrected chi connectivity index (χ2v) is 5.55. The van der Waals surface area contributed by atoms with E-state index in [1.807, 2.05) is 0 Å². The molecule has 0 bridgehead atoms. The molecule has 0 unspecified atom stereocenters. The maximum Gasteiger partial charge on any atom is 0.260 e. The quantitative estimate of drug-likeness (QED) is 0.893. The molecule has 96 valence electrons. The highest BCUT2D eigenvalue weighted by Gasteiger charge is 2.05. The summed E-state index contributed by atoms with van der Waals surface area (Å²) in [6, 6.07) is 6.95. The van der Waals surface area contributed by atoms with Gasteiger partial charge in [0.25, 0.3) is 5.22 Å². The molecular formula is C14H18N2OS. The van der Waals surface area contributed by atoms with Gasteiger partial charge in [-0.25, -0.2) is 4.98 Å². The van der Waals surface area contributed by atoms with E-state index in [0.29, 0.717) is 11.3 Å². The molecule has 2 aromatic rings. The number of nitrogens with zero attached hydrogens (tertiary/aromatic N) is 1. The molecule has 0 radical (unpaired) electrons. The smallest absolute Gasteiger partial charge is 0.260 e. The van der Waals surface area contributed by atoms with Crippen LogP contribution in [0, 0.1) is 6.92 Å². The number of hydrogen-bond donors (Lipinski definition) is 1. The fourth-order valence-electron chi connectivity index (χ4n) is 1.61. The Morgan fingerprint density at radius 2 is 2.22 bits per heavy atom. The van der Waals surface area contributed by atoms with Crippen molar-refractivity contribution in [2.24, 2.45) is 0 Å². The maximum atomic E-state index is 5.23. The van der Waals surface area contributed by atoms with Crippen molar-refractivity contribution in [3.63, 3.8) is 0 Å². The normalized spacial score (nSPS) is 11.1. The van der Waals surface area contributed by atoms with Crippen LogP contribution in [0.15, 0.2) is 45.2 Å². The third-order valence-electron chi connectivity index (χ3n) is 2.63. The molecule has 0 aliphatic rings. The number of aromatic nitrogens is 1. The summed E-state index contributed by atoms with van der Waals surface area (Å²) in [6.07, 6.45) is 3.26. The zero-order valence-electron chi connectivity index (χ0n) is 10.9. The Labute approximate surface area is 112 Å². The van der Waals surface area contributed by atoms with E-state index in [2.05, 4.69) is 49.3 Å². The maximum absolute atomic E-state index is 5.23. The summed E-state index contributed by atoms with van der Waals surface area (Å²) >= 11 is 1.54. The molecule has 1 heterocycles. The number of oxazole rings is 1. The minimum absolute atomic E-state index is 0.505. The fourth-order valence-corrected chi connectivity index (χ4v) is 2.40. The van der Waals surface area contributed by atoms with Gasteiger partial charge in [0.15, 0.2) is 0 Å². The van der Waals surface area contributed by atoms with Crippen LogP contribution in [0.1, 0.15) is 25.0 Å². The Morgan fingerprint density at radius 1 is 1.39 bits per heavy atom. The predicted molar refractivity (Wildman–Crippen MR) is 73.8 cm³/mol. The van der Waals surface area contributed by atoms with E-state index < -0.39 is 0 Å². The molecule has 18 heavy (non-hydrogen) atoms. The van der Waals surface area contributed by atoms with Crippen molar-refractivity contribution >= 4 is 11.8 Å². The molecule has 0 fully saturated rings. The van der Waals surface area contributed by atoms with Crippen molar-refractivity contribution in [1.82, 2.24) is 10.3 Å². The van der Waals surface area contributed by atoms with Gasteiger partial charge in [0.1, 0.15) is 6.26 Å². The SMILES string of the molecule is Cc1cc(Sc2ncco2)ccc1CNC(C)C. The first-order valence-electron chi connectivity index (χ1n) is 6.05. The molecule has 1 aromatic carbocycles. The van der Waals surface area contributed by atoms with Crippen LogP contribution in [0.25, 0.3) is 0 Å². The van der Waals surface area contributed by atoms with Crippen LogP contribution in [0.2, 0.25) is 0 Å². The lowest BCUT2D eigenvalue weighted by Crippen LogP contribution is -2.22. The summed E-state index contributed by atoms with van der Waals surface area (Å²) in [6.45, 7) is 7.36. The molecular weight excluding hydrogens is 244 g/mol. The van der Waals surface area contributed by atoms with Crippen molar-refractivity contribution in [3.05, 3.63) is 41.8 Å². The van der Waals surface area contributed by atoms with Crippen molar-refractivity contribution in [2.75, 3.05) is 0 Å². The Balaban J connectivity index is 2.05. The van der Waals surface area contributed by atoms with Crippen molar-refractivity contribution in [1.29, 1.82) is 0 Å². The van der Waals surface area contributed by atoms with E-state index in [4.69, 9.17) is 4.42 Å². The largest absolute Gasteiger partial charge is 0.440 e. The minimum Gasteiger partial charge on any atom is -0.440 e. The molecule has 4 heteroatoms. The number of benzene rings is 1. The highest BCUT2D eigenvalue weighted by Crippen LogP contribution is 2.27. The standard InChI is InChI=1S/C14H18N2OS/c1-10(2)16-9-12-4-5-13(8-11(12)3)18-14-15-6-7-17-14/h4-8,10,16H,9H2,1-3H3. The van der Waals surface area contributed by atoms with E-state index >= 15 is 0 Å². The molecule has 0 spiro atoms. The molecule has 1 N–H and O–H groups in total. The highest BCUT2D eigenvalue weighted by molar-refractivity contribution is 7.99. The van der Waals surface area contributed by atoms with Crippen LogP contribution in [0.4, 0.5) is 0 Å². The van der Waals surface area contributed by atoms with Gasteiger partial charge in [-0.3, -0.25) is 0 Å². The summed E-state index contributed by atoms with van der Waals surface area (Å²) in [5.41, 5.74) is 2.63. The van der Waals surface area contributed by atoms with Crippen LogP contribution in [-0.2, 0) is 6.54 Å². The van der Waals surface area contributed by atoms with Gasteiger partial charge in [-0.15, -0.1) is 0 Å². The van der Waals surface area contributed by atoms with Crippen LogP contribution in [0.3, 0.4) is 0 Å². The van der Waals surface area contributed by atoms with Crippen LogP contribution >= 0.6 is 11.8 Å². The van der Waals surface area contributed by atoms with E-state index in [-0.39, 0.29) is 0 Å². The van der Waals surface area contributed by atoms with E-state index in [1.165, 1.54) is 11.1 Å². The molecule has 0 aliphatic heterocycles. The molecule has 0 saturated carbocycles. The first-order valence-corrected chi connectivity index (χ1v) is 6.87. The van der Waals surface area contributed by atoms with Gasteiger partial charge >= 0.3 is 0 Å². The van der Waals surface area contributed by atoms with Gasteiger partial charge in [0.05, 0.1) is 6.20 Å². The predicted octanol–water partition coefficient (Wildman–Crippen LogP) is 3.63. The zero-order chi connectivity index (χ0) is 13.0. The van der Waals surface area contributed by atoms with E-state index in [9.17, 15) is 0 Å². The Kier molecular flexibility index (Phi) is 4.44. The Hall–Kier alpha value is -1.26. The second-order valence-electron chi connectivity index (χ2n) is 4.52. The highest BCUT2D eigenvalue weighted by atomic mass is 32.2. The van der Waals surface area contributed by atoms with E-state index in [1.54, 1.807) is 24.2 Å². The lowest BCUT2D eigenvalue weighted by molar-refractivity contribution is 0.454. The lowest BCUT2D eigenvalue weighted by atomic mass is 10.1. The van der Waals surface area contributed by atoms with E-state index in [0.717, 1.165) is 11.4 Å². The van der Waals surface area contributed by atoms with Gasteiger partial charge in [-0.1, -0.05) is 19.9 Å². The Morgan fingerprint density at radius 3 is 2.83 bits per heavy atom. The fraction of sp³-hybridized carbons (Fsp3) is 0.357. The number of hydrogen-bond acceptors (Lipinski definition) is 4. The van der Waals surface area contributed by atoms with Crippen LogP contribution in [-0.4, -0.2) is 11.0 Å². The van der Waals surface area contributed by atoms with Crippen molar-refractivity contribution in [3.8, 4) is 0 Å². The van der Waals surface area contributed by atoms with Crippen LogP contribution < -0.4 is 5.32 Å². The third kappa shape index (κ3) is 3.62. The molecule has 0 atom stereocenters. The average molecular weight is 262 g/mol. The third-order valence-corrected chi connectivity index (χ3v) is 3.50. The van der Waals surface area contributed by atoms with Gasteiger partial charge < -0.3 is 9.73 Å². The zero-order valence-corrected chi connectivity index (χ0v) is 11.8. The first kappa shape index (κ1) is 13.2. The van der Waals surface area contributed by atoms with Gasteiger partial charge in [0, 0.05) is 17.5 Å². The molecule has 1 aromatic heterocycles. The van der Waals surface area contributed by atoms with Gasteiger partial charge in [-0.05, 0) is 41.9 Å². The Bertz CT molecular complexity index is 495. The molecule has 0 aliphatic carbocycles. The van der Waals surface area contributed by atoms with Crippen molar-refractivity contribution in [2.45, 2.75) is 43.5 Å². The summed E-state index contributed by atoms with van der Waals surface area (Å²) in [7, 11) is 0. The van der Waals surface area contributed by atoms with Gasteiger partial charge in [0.2, 0.25) is 0 Å². The number of rotatable bonds is 5. The van der Waals surface area contributed by atoms with Gasteiger partial charge in [-0.2, -0.15) is 0 Å². The first-order chi connectivity index (χ1) is 8.65. The summed E-state index contributed by atoms with van der Waals surface area (Å²) < 4.78 is 5.23. The second kappa shape index (κ2) is 6.07. The van der Waals surface area contributed by atoms with Crippen LogP contribution in [0.5, 0.6) is 0 Å². The summed E-state index contributed by atoms with van der Waals surface area (Å²) in [4.78, 5) is 5.26. The molecule has 2 rings (SSSR count). The average Bonchev–Trinajstić information content (AvgIpc) is 2.80.